The van der Waals surface area contributed by atoms with Gasteiger partial charge in [0, 0.05) is 30.4 Å². The van der Waals surface area contributed by atoms with Crippen LogP contribution in [0, 0.1) is 19.8 Å². The summed E-state index contributed by atoms with van der Waals surface area (Å²) in [7, 11) is 0. The molecule has 0 saturated carbocycles. The molecule has 6 heteroatoms. The monoisotopic (exact) mass is 328 g/mol. The number of nitrogens with one attached hydrogen (secondary N) is 2. The molecule has 0 aromatic carbocycles. The molecule has 2 heterocycles. The van der Waals surface area contributed by atoms with E-state index in [1.807, 2.05) is 11.6 Å². The van der Waals surface area contributed by atoms with E-state index in [0.29, 0.717) is 12.3 Å². The molecule has 22 heavy (non-hydrogen) atoms. The van der Waals surface area contributed by atoms with E-state index < -0.39 is 0 Å². The van der Waals surface area contributed by atoms with Gasteiger partial charge in [-0.05, 0) is 39.2 Å². The zero-order valence-corrected chi connectivity index (χ0v) is 14.9. The first-order valence-corrected chi connectivity index (χ1v) is 8.00. The highest BCUT2D eigenvalue weighted by atomic mass is 35.5. The van der Waals surface area contributed by atoms with E-state index in [4.69, 9.17) is 0 Å². The third-order valence-electron chi connectivity index (χ3n) is 4.07. The van der Waals surface area contributed by atoms with Gasteiger partial charge in [-0.1, -0.05) is 13.8 Å². The highest BCUT2D eigenvalue weighted by molar-refractivity contribution is 5.85. The van der Waals surface area contributed by atoms with E-state index in [1.165, 1.54) is 0 Å². The van der Waals surface area contributed by atoms with Crippen molar-refractivity contribution in [1.82, 2.24) is 20.4 Å². The minimum atomic E-state index is 0. The van der Waals surface area contributed by atoms with Crippen molar-refractivity contribution in [2.75, 3.05) is 13.1 Å². The van der Waals surface area contributed by atoms with Crippen molar-refractivity contribution in [2.24, 2.45) is 5.92 Å². The normalized spacial score (nSPS) is 18.1. The topological polar surface area (TPSA) is 59.0 Å². The molecule has 1 aromatic rings. The summed E-state index contributed by atoms with van der Waals surface area (Å²) in [6.45, 7) is 11.3. The van der Waals surface area contributed by atoms with Gasteiger partial charge < -0.3 is 10.6 Å². The SMILES string of the molecule is Cc1nn(CC(C)C)c(C)c1CC(=O)N[C@H]1CCCNC1.Cl. The Labute approximate surface area is 139 Å². The summed E-state index contributed by atoms with van der Waals surface area (Å²) in [5.74, 6) is 0.664. The minimum Gasteiger partial charge on any atom is -0.352 e. The first-order chi connectivity index (χ1) is 9.97. The molecule has 1 amide bonds. The summed E-state index contributed by atoms with van der Waals surface area (Å²) in [6, 6.07) is 0.276. The highest BCUT2D eigenvalue weighted by Crippen LogP contribution is 2.15. The van der Waals surface area contributed by atoms with Gasteiger partial charge in [0.1, 0.15) is 0 Å². The number of nitrogens with zero attached hydrogens (tertiary/aromatic N) is 2. The Morgan fingerprint density at radius 1 is 1.45 bits per heavy atom. The van der Waals surface area contributed by atoms with Crippen molar-refractivity contribution in [3.8, 4) is 0 Å². The average Bonchev–Trinajstić information content (AvgIpc) is 2.67. The number of hydrogen-bond acceptors (Lipinski definition) is 3. The fourth-order valence-corrected chi connectivity index (χ4v) is 2.93. The lowest BCUT2D eigenvalue weighted by Gasteiger charge is -2.23. The Hall–Kier alpha value is -1.07. The maximum atomic E-state index is 12.2. The molecule has 1 saturated heterocycles. The predicted molar refractivity (Wildman–Crippen MR) is 91.5 cm³/mol. The first kappa shape index (κ1) is 19.0. The molecule has 0 aliphatic carbocycles. The van der Waals surface area contributed by atoms with Crippen LogP contribution < -0.4 is 10.6 Å². The van der Waals surface area contributed by atoms with Crippen molar-refractivity contribution in [3.05, 3.63) is 17.0 Å². The van der Waals surface area contributed by atoms with E-state index in [1.54, 1.807) is 0 Å². The lowest BCUT2D eigenvalue weighted by Crippen LogP contribution is -2.46. The molecule has 0 radical (unpaired) electrons. The molecule has 5 nitrogen and oxygen atoms in total. The summed E-state index contributed by atoms with van der Waals surface area (Å²) in [6.07, 6.45) is 2.64. The molecule has 0 unspecified atom stereocenters. The standard InChI is InChI=1S/C16H28N4O.ClH/c1-11(2)10-20-13(4)15(12(3)19-20)8-16(21)18-14-6-5-7-17-9-14;/h11,14,17H,5-10H2,1-4H3,(H,18,21);1H/t14-;/m0./s1. The van der Waals surface area contributed by atoms with Gasteiger partial charge in [0.05, 0.1) is 12.1 Å². The van der Waals surface area contributed by atoms with E-state index in [2.05, 4.69) is 36.5 Å². The van der Waals surface area contributed by atoms with Crippen molar-refractivity contribution >= 4 is 18.3 Å². The number of aryl methyl sites for hydroxylation is 1. The van der Waals surface area contributed by atoms with Crippen molar-refractivity contribution in [3.63, 3.8) is 0 Å². The fourth-order valence-electron chi connectivity index (χ4n) is 2.93. The Morgan fingerprint density at radius 2 is 2.18 bits per heavy atom. The van der Waals surface area contributed by atoms with Crippen molar-refractivity contribution in [1.29, 1.82) is 0 Å². The highest BCUT2D eigenvalue weighted by Gasteiger charge is 2.19. The summed E-state index contributed by atoms with van der Waals surface area (Å²) in [5, 5.41) is 11.0. The van der Waals surface area contributed by atoms with Crippen LogP contribution in [0.3, 0.4) is 0 Å². The van der Waals surface area contributed by atoms with E-state index in [-0.39, 0.29) is 24.4 Å². The molecule has 2 rings (SSSR count). The number of carbonyl (C=O) groups excluding carboxylic acids is 1. The maximum absolute atomic E-state index is 12.2. The third kappa shape index (κ3) is 4.99. The molecule has 2 N–H and O–H groups in total. The second-order valence-electron chi connectivity index (χ2n) is 6.51. The second-order valence-corrected chi connectivity index (χ2v) is 6.51. The van der Waals surface area contributed by atoms with Crippen LogP contribution >= 0.6 is 12.4 Å². The van der Waals surface area contributed by atoms with Gasteiger partial charge in [0.2, 0.25) is 5.91 Å². The van der Waals surface area contributed by atoms with Crippen molar-refractivity contribution in [2.45, 2.75) is 59.5 Å². The zero-order valence-electron chi connectivity index (χ0n) is 14.1. The number of piperidine rings is 1. The number of rotatable bonds is 5. The Morgan fingerprint density at radius 3 is 2.77 bits per heavy atom. The molecule has 0 spiro atoms. The molecular formula is C16H29ClN4O. The fraction of sp³-hybridized carbons (Fsp3) is 0.750. The molecule has 1 aromatic heterocycles. The van der Waals surface area contributed by atoms with E-state index in [9.17, 15) is 4.79 Å². The molecule has 126 valence electrons. The van der Waals surface area contributed by atoms with Gasteiger partial charge in [-0.3, -0.25) is 9.48 Å². The van der Waals surface area contributed by atoms with Crippen LogP contribution in [-0.2, 0) is 17.8 Å². The largest absolute Gasteiger partial charge is 0.352 e. The van der Waals surface area contributed by atoms with Crippen LogP contribution in [-0.4, -0.2) is 34.8 Å². The van der Waals surface area contributed by atoms with Crippen LogP contribution in [0.25, 0.3) is 0 Å². The van der Waals surface area contributed by atoms with Gasteiger partial charge in [-0.2, -0.15) is 5.10 Å². The molecule has 1 fully saturated rings. The number of halogens is 1. The Balaban J connectivity index is 0.00000242. The van der Waals surface area contributed by atoms with E-state index in [0.717, 1.165) is 49.4 Å². The average molecular weight is 329 g/mol. The predicted octanol–water partition coefficient (Wildman–Crippen LogP) is 1.99. The summed E-state index contributed by atoms with van der Waals surface area (Å²) in [5.41, 5.74) is 3.18. The summed E-state index contributed by atoms with van der Waals surface area (Å²) < 4.78 is 2.03. The Kier molecular flexibility index (Phi) is 7.36. The third-order valence-corrected chi connectivity index (χ3v) is 4.07. The smallest absolute Gasteiger partial charge is 0.224 e. The van der Waals surface area contributed by atoms with Crippen LogP contribution in [0.1, 0.15) is 43.6 Å². The summed E-state index contributed by atoms with van der Waals surface area (Å²) >= 11 is 0. The first-order valence-electron chi connectivity index (χ1n) is 8.00. The second kappa shape index (κ2) is 8.53. The minimum absolute atomic E-state index is 0. The molecule has 1 aliphatic rings. The van der Waals surface area contributed by atoms with Gasteiger partial charge in [0.15, 0.2) is 0 Å². The van der Waals surface area contributed by atoms with Crippen LogP contribution in [0.15, 0.2) is 0 Å². The Bertz CT molecular complexity index is 493. The van der Waals surface area contributed by atoms with Crippen LogP contribution in [0.4, 0.5) is 0 Å². The van der Waals surface area contributed by atoms with Gasteiger partial charge >= 0.3 is 0 Å². The lowest BCUT2D eigenvalue weighted by atomic mass is 10.1. The zero-order chi connectivity index (χ0) is 15.4. The maximum Gasteiger partial charge on any atom is 0.224 e. The van der Waals surface area contributed by atoms with Gasteiger partial charge in [0.25, 0.3) is 0 Å². The lowest BCUT2D eigenvalue weighted by molar-refractivity contribution is -0.121. The quantitative estimate of drug-likeness (QED) is 0.869. The number of amides is 1. The molecule has 0 bridgehead atoms. The summed E-state index contributed by atoms with van der Waals surface area (Å²) in [4.78, 5) is 12.2. The van der Waals surface area contributed by atoms with Crippen LogP contribution in [0.5, 0.6) is 0 Å². The van der Waals surface area contributed by atoms with Crippen LogP contribution in [0.2, 0.25) is 0 Å². The molecular weight excluding hydrogens is 300 g/mol. The van der Waals surface area contributed by atoms with Crippen molar-refractivity contribution < 1.29 is 4.79 Å². The number of hydrogen-bond donors (Lipinski definition) is 2. The van der Waals surface area contributed by atoms with E-state index >= 15 is 0 Å². The molecule has 1 aliphatic heterocycles. The van der Waals surface area contributed by atoms with Gasteiger partial charge in [-0.25, -0.2) is 0 Å². The van der Waals surface area contributed by atoms with Gasteiger partial charge in [-0.15, -0.1) is 12.4 Å². The molecule has 1 atom stereocenters. The number of carbonyl (C=O) groups is 1. The number of aromatic nitrogens is 2.